The van der Waals surface area contributed by atoms with E-state index in [0.717, 1.165) is 36.2 Å². The smallest absolute Gasteiger partial charge is 0.254 e. The van der Waals surface area contributed by atoms with Crippen LogP contribution in [-0.2, 0) is 0 Å². The lowest BCUT2D eigenvalue weighted by Gasteiger charge is -2.18. The van der Waals surface area contributed by atoms with Crippen LogP contribution in [0, 0.1) is 5.92 Å². The fourth-order valence-electron chi connectivity index (χ4n) is 2.63. The molecule has 0 radical (unpaired) electrons. The molecular formula is C18H23NO. The Morgan fingerprint density at radius 2 is 2.00 bits per heavy atom. The maximum absolute atomic E-state index is 12.7. The Morgan fingerprint density at radius 1 is 1.30 bits per heavy atom. The van der Waals surface area contributed by atoms with Gasteiger partial charge in [-0.25, -0.2) is 0 Å². The van der Waals surface area contributed by atoms with Gasteiger partial charge in [0.2, 0.25) is 0 Å². The molecule has 1 saturated heterocycles. The summed E-state index contributed by atoms with van der Waals surface area (Å²) in [7, 11) is 0. The molecule has 2 nitrogen and oxygen atoms in total. The summed E-state index contributed by atoms with van der Waals surface area (Å²) >= 11 is 0. The normalized spacial score (nSPS) is 19.9. The zero-order chi connectivity index (χ0) is 14.5. The van der Waals surface area contributed by atoms with Crippen LogP contribution >= 0.6 is 0 Å². The van der Waals surface area contributed by atoms with Crippen LogP contribution in [0.5, 0.6) is 0 Å². The van der Waals surface area contributed by atoms with Crippen LogP contribution in [0.15, 0.2) is 42.5 Å². The third-order valence-electron chi connectivity index (χ3n) is 3.83. The quantitative estimate of drug-likeness (QED) is 0.755. The second kappa shape index (κ2) is 6.56. The number of hydrogen-bond acceptors (Lipinski definition) is 1. The van der Waals surface area contributed by atoms with Gasteiger partial charge in [-0.15, -0.1) is 0 Å². The van der Waals surface area contributed by atoms with E-state index in [1.807, 2.05) is 48.2 Å². The van der Waals surface area contributed by atoms with E-state index < -0.39 is 0 Å². The van der Waals surface area contributed by atoms with Gasteiger partial charge in [-0.1, -0.05) is 43.4 Å². The summed E-state index contributed by atoms with van der Waals surface area (Å²) in [5, 5.41) is 0. The second-order valence-electron chi connectivity index (χ2n) is 5.57. The number of carbonyl (C=O) groups excluding carboxylic acids is 1. The van der Waals surface area contributed by atoms with E-state index in [-0.39, 0.29) is 5.91 Å². The van der Waals surface area contributed by atoms with Crippen LogP contribution in [-0.4, -0.2) is 23.9 Å². The monoisotopic (exact) mass is 269 g/mol. The average Bonchev–Trinajstić information content (AvgIpc) is 2.90. The molecule has 1 aliphatic rings. The molecule has 0 N–H and O–H groups in total. The molecule has 1 atom stereocenters. The molecule has 0 aliphatic carbocycles. The number of rotatable bonds is 3. The van der Waals surface area contributed by atoms with Gasteiger partial charge in [0.1, 0.15) is 0 Å². The highest BCUT2D eigenvalue weighted by Gasteiger charge is 2.25. The molecule has 0 saturated carbocycles. The molecule has 1 heterocycles. The van der Waals surface area contributed by atoms with Crippen LogP contribution in [0.1, 0.15) is 43.1 Å². The highest BCUT2D eigenvalue weighted by molar-refractivity contribution is 5.99. The first kappa shape index (κ1) is 14.6. The van der Waals surface area contributed by atoms with Gasteiger partial charge in [-0.2, -0.15) is 0 Å². The molecule has 106 valence electrons. The Balaban J connectivity index is 2.30. The number of hydrogen-bond donors (Lipinski definition) is 0. The summed E-state index contributed by atoms with van der Waals surface area (Å²) in [6.07, 6.45) is 7.17. The first-order valence-electron chi connectivity index (χ1n) is 7.31. The van der Waals surface area contributed by atoms with Crippen LogP contribution in [0.3, 0.4) is 0 Å². The standard InChI is InChI=1S/C18H23NO/c1-4-5-8-15(3)16-9-6-7-10-17(16)18(20)19-12-11-14(2)13-19/h4-10,14H,11-13H2,1-3H3/b5-4-,15-8+. The number of likely N-dealkylation sites (tertiary alicyclic amines) is 1. The number of amides is 1. The summed E-state index contributed by atoms with van der Waals surface area (Å²) in [6.45, 7) is 8.01. The summed E-state index contributed by atoms with van der Waals surface area (Å²) in [4.78, 5) is 14.7. The van der Waals surface area contributed by atoms with E-state index in [4.69, 9.17) is 0 Å². The topological polar surface area (TPSA) is 20.3 Å². The largest absolute Gasteiger partial charge is 0.338 e. The van der Waals surface area contributed by atoms with Crippen molar-refractivity contribution in [3.63, 3.8) is 0 Å². The van der Waals surface area contributed by atoms with E-state index in [0.29, 0.717) is 5.92 Å². The van der Waals surface area contributed by atoms with Crippen molar-refractivity contribution in [2.75, 3.05) is 13.1 Å². The van der Waals surface area contributed by atoms with Crippen molar-refractivity contribution in [1.82, 2.24) is 4.90 Å². The van der Waals surface area contributed by atoms with Crippen molar-refractivity contribution < 1.29 is 4.79 Å². The number of benzene rings is 1. The minimum atomic E-state index is 0.165. The van der Waals surface area contributed by atoms with Gasteiger partial charge in [0, 0.05) is 18.7 Å². The van der Waals surface area contributed by atoms with Gasteiger partial charge in [0.15, 0.2) is 0 Å². The predicted molar refractivity (Wildman–Crippen MR) is 84.6 cm³/mol. The molecule has 0 aromatic heterocycles. The Kier molecular flexibility index (Phi) is 4.78. The van der Waals surface area contributed by atoms with Gasteiger partial charge in [0.25, 0.3) is 5.91 Å². The lowest BCUT2D eigenvalue weighted by molar-refractivity contribution is 0.0788. The Labute approximate surface area is 121 Å². The Bertz CT molecular complexity index is 542. The van der Waals surface area contributed by atoms with E-state index >= 15 is 0 Å². The van der Waals surface area contributed by atoms with Crippen molar-refractivity contribution in [1.29, 1.82) is 0 Å². The minimum Gasteiger partial charge on any atom is -0.338 e. The van der Waals surface area contributed by atoms with Gasteiger partial charge >= 0.3 is 0 Å². The third kappa shape index (κ3) is 3.19. The molecule has 1 aliphatic heterocycles. The maximum Gasteiger partial charge on any atom is 0.254 e. The van der Waals surface area contributed by atoms with E-state index in [9.17, 15) is 4.79 Å². The van der Waals surface area contributed by atoms with Crippen molar-refractivity contribution >= 4 is 11.5 Å². The molecule has 1 aromatic carbocycles. The molecule has 0 spiro atoms. The third-order valence-corrected chi connectivity index (χ3v) is 3.83. The SMILES string of the molecule is C/C=C\C=C(/C)c1ccccc1C(=O)N1CCC(C)C1. The Morgan fingerprint density at radius 3 is 2.60 bits per heavy atom. The molecule has 1 fully saturated rings. The number of nitrogens with zero attached hydrogens (tertiary/aromatic N) is 1. The van der Waals surface area contributed by atoms with E-state index in [1.165, 1.54) is 0 Å². The summed E-state index contributed by atoms with van der Waals surface area (Å²) < 4.78 is 0. The van der Waals surface area contributed by atoms with Crippen LogP contribution < -0.4 is 0 Å². The number of allylic oxidation sites excluding steroid dienone is 4. The fraction of sp³-hybridized carbons (Fsp3) is 0.389. The van der Waals surface area contributed by atoms with Gasteiger partial charge in [-0.3, -0.25) is 4.79 Å². The minimum absolute atomic E-state index is 0.165. The van der Waals surface area contributed by atoms with Gasteiger partial charge in [-0.05, 0) is 43.4 Å². The first-order valence-corrected chi connectivity index (χ1v) is 7.31. The van der Waals surface area contributed by atoms with Crippen molar-refractivity contribution in [3.8, 4) is 0 Å². The Hall–Kier alpha value is -1.83. The maximum atomic E-state index is 12.7. The second-order valence-corrected chi connectivity index (χ2v) is 5.57. The van der Waals surface area contributed by atoms with Crippen molar-refractivity contribution in [2.45, 2.75) is 27.2 Å². The average molecular weight is 269 g/mol. The van der Waals surface area contributed by atoms with E-state index in [2.05, 4.69) is 19.9 Å². The lowest BCUT2D eigenvalue weighted by atomic mass is 9.99. The zero-order valence-electron chi connectivity index (χ0n) is 12.6. The summed E-state index contributed by atoms with van der Waals surface area (Å²) in [5.74, 6) is 0.781. The number of carbonyl (C=O) groups is 1. The highest BCUT2D eigenvalue weighted by Crippen LogP contribution is 2.23. The van der Waals surface area contributed by atoms with Crippen molar-refractivity contribution in [2.24, 2.45) is 5.92 Å². The molecule has 1 amide bonds. The fourth-order valence-corrected chi connectivity index (χ4v) is 2.63. The molecule has 1 aromatic rings. The predicted octanol–water partition coefficient (Wildman–Crippen LogP) is 4.15. The van der Waals surface area contributed by atoms with Gasteiger partial charge < -0.3 is 4.90 Å². The van der Waals surface area contributed by atoms with E-state index in [1.54, 1.807) is 0 Å². The van der Waals surface area contributed by atoms with Crippen LogP contribution in [0.2, 0.25) is 0 Å². The summed E-state index contributed by atoms with van der Waals surface area (Å²) in [6, 6.07) is 7.90. The molecule has 0 bridgehead atoms. The molecule has 2 rings (SSSR count). The highest BCUT2D eigenvalue weighted by atomic mass is 16.2. The molecule has 2 heteroatoms. The van der Waals surface area contributed by atoms with Crippen molar-refractivity contribution in [3.05, 3.63) is 53.6 Å². The molecule has 20 heavy (non-hydrogen) atoms. The zero-order valence-corrected chi connectivity index (χ0v) is 12.6. The summed E-state index contributed by atoms with van der Waals surface area (Å²) in [5.41, 5.74) is 2.98. The lowest BCUT2D eigenvalue weighted by Crippen LogP contribution is -2.29. The molecular weight excluding hydrogens is 246 g/mol. The van der Waals surface area contributed by atoms with Crippen LogP contribution in [0.25, 0.3) is 5.57 Å². The van der Waals surface area contributed by atoms with Crippen LogP contribution in [0.4, 0.5) is 0 Å². The van der Waals surface area contributed by atoms with Gasteiger partial charge in [0.05, 0.1) is 0 Å². The first-order chi connectivity index (χ1) is 9.63. The molecule has 1 unspecified atom stereocenters.